The Morgan fingerprint density at radius 1 is 1.39 bits per heavy atom. The fourth-order valence-electron chi connectivity index (χ4n) is 2.23. The van der Waals surface area contributed by atoms with Crippen LogP contribution in [0.5, 0.6) is 0 Å². The number of aliphatic hydroxyl groups excluding tert-OH is 1. The van der Waals surface area contributed by atoms with Crippen molar-refractivity contribution in [2.45, 2.75) is 24.7 Å². The van der Waals surface area contributed by atoms with Gasteiger partial charge in [-0.25, -0.2) is 0 Å². The Balaban J connectivity index is 2.17. The van der Waals surface area contributed by atoms with Crippen molar-refractivity contribution in [1.29, 1.82) is 0 Å². The van der Waals surface area contributed by atoms with Gasteiger partial charge in [-0.05, 0) is 36.6 Å². The third kappa shape index (κ3) is 3.44. The van der Waals surface area contributed by atoms with Crippen LogP contribution in [0, 0.1) is 0 Å². The van der Waals surface area contributed by atoms with Crippen molar-refractivity contribution in [3.8, 4) is 0 Å². The summed E-state index contributed by atoms with van der Waals surface area (Å²) in [6, 6.07) is 5.37. The van der Waals surface area contributed by atoms with E-state index in [1.165, 1.54) is 0 Å². The number of nitrogens with zero attached hydrogens (tertiary/aromatic N) is 1. The number of nitrogens with two attached hydrogens (primary N) is 1. The molecule has 1 unspecified atom stereocenters. The van der Waals surface area contributed by atoms with Crippen LogP contribution < -0.4 is 10.6 Å². The highest BCUT2D eigenvalue weighted by atomic mass is 32.2. The predicted octanol–water partition coefficient (Wildman–Crippen LogP) is 0.609. The van der Waals surface area contributed by atoms with E-state index in [4.69, 9.17) is 5.73 Å². The zero-order valence-corrected chi connectivity index (χ0v) is 10.9. The molecular formula is C12H17N2O3S-. The summed E-state index contributed by atoms with van der Waals surface area (Å²) in [5.41, 5.74) is 7.99. The van der Waals surface area contributed by atoms with Crippen LogP contribution in [0.15, 0.2) is 18.2 Å². The lowest BCUT2D eigenvalue weighted by Crippen LogP contribution is -2.35. The van der Waals surface area contributed by atoms with E-state index in [-0.39, 0.29) is 11.9 Å². The molecule has 1 aromatic rings. The molecule has 5 nitrogen and oxygen atoms in total. The maximum atomic E-state index is 10.7. The summed E-state index contributed by atoms with van der Waals surface area (Å²) in [4.78, 5) is 2.13. The third-order valence-corrected chi connectivity index (χ3v) is 3.68. The molecule has 0 radical (unpaired) electrons. The summed E-state index contributed by atoms with van der Waals surface area (Å²) in [6.45, 7) is 1.54. The fourth-order valence-corrected chi connectivity index (χ4v) is 2.66. The molecular weight excluding hydrogens is 252 g/mol. The standard InChI is InChI=1S/C12H18N2O3S/c13-10-5-9(8-18(16)17)6-11(7-10)14-3-1-12(15)2-4-14/h5-7,12,15H,1-4,8,13H2,(H,16,17)/p-1. The molecule has 3 N–H and O–H groups in total. The topological polar surface area (TPSA) is 89.6 Å². The summed E-state index contributed by atoms with van der Waals surface area (Å²) in [5, 5.41) is 9.47. The van der Waals surface area contributed by atoms with Crippen LogP contribution in [-0.4, -0.2) is 33.1 Å². The molecule has 0 amide bonds. The number of anilines is 2. The molecule has 18 heavy (non-hydrogen) atoms. The molecule has 1 atom stereocenters. The lowest BCUT2D eigenvalue weighted by atomic mass is 10.1. The minimum absolute atomic E-state index is 0.0193. The van der Waals surface area contributed by atoms with Crippen LogP contribution in [0.25, 0.3) is 0 Å². The first kappa shape index (κ1) is 13.3. The van der Waals surface area contributed by atoms with Crippen molar-refractivity contribution in [3.63, 3.8) is 0 Å². The largest absolute Gasteiger partial charge is 0.772 e. The zero-order chi connectivity index (χ0) is 13.1. The van der Waals surface area contributed by atoms with E-state index >= 15 is 0 Å². The van der Waals surface area contributed by atoms with E-state index in [2.05, 4.69) is 4.90 Å². The predicted molar refractivity (Wildman–Crippen MR) is 70.9 cm³/mol. The van der Waals surface area contributed by atoms with Crippen LogP contribution >= 0.6 is 0 Å². The first-order valence-corrected chi connectivity index (χ1v) is 7.17. The number of piperidine rings is 1. The zero-order valence-electron chi connectivity index (χ0n) is 10.0. The summed E-state index contributed by atoms with van der Waals surface area (Å²) < 4.78 is 21.4. The maximum Gasteiger partial charge on any atom is 0.0574 e. The summed E-state index contributed by atoms with van der Waals surface area (Å²) in [5.74, 6) is -0.0193. The van der Waals surface area contributed by atoms with Crippen molar-refractivity contribution in [2.24, 2.45) is 0 Å². The van der Waals surface area contributed by atoms with Crippen LogP contribution in [0.2, 0.25) is 0 Å². The molecule has 1 fully saturated rings. The number of aliphatic hydroxyl groups is 1. The second kappa shape index (κ2) is 5.69. The molecule has 0 saturated carbocycles. The molecule has 0 spiro atoms. The molecule has 0 aromatic heterocycles. The number of hydrogen-bond donors (Lipinski definition) is 2. The summed E-state index contributed by atoms with van der Waals surface area (Å²) >= 11 is -2.11. The van der Waals surface area contributed by atoms with Gasteiger partial charge in [-0.15, -0.1) is 0 Å². The van der Waals surface area contributed by atoms with Gasteiger partial charge in [-0.1, -0.05) is 11.1 Å². The lowest BCUT2D eigenvalue weighted by molar-refractivity contribution is 0.145. The molecule has 1 saturated heterocycles. The van der Waals surface area contributed by atoms with E-state index in [1.807, 2.05) is 12.1 Å². The number of hydrogen-bond acceptors (Lipinski definition) is 5. The van der Waals surface area contributed by atoms with Crippen LogP contribution in [0.4, 0.5) is 11.4 Å². The van der Waals surface area contributed by atoms with Crippen molar-refractivity contribution < 1.29 is 13.9 Å². The molecule has 6 heteroatoms. The van der Waals surface area contributed by atoms with Crippen molar-refractivity contribution in [2.75, 3.05) is 23.7 Å². The monoisotopic (exact) mass is 269 g/mol. The average Bonchev–Trinajstić information content (AvgIpc) is 2.28. The third-order valence-electron chi connectivity index (χ3n) is 3.11. The van der Waals surface area contributed by atoms with Gasteiger partial charge in [-0.2, -0.15) is 0 Å². The van der Waals surface area contributed by atoms with Crippen molar-refractivity contribution in [3.05, 3.63) is 23.8 Å². The summed E-state index contributed by atoms with van der Waals surface area (Å²) in [7, 11) is 0. The highest BCUT2D eigenvalue weighted by Gasteiger charge is 2.17. The normalized spacial score (nSPS) is 18.9. The molecule has 1 aliphatic rings. The molecule has 2 rings (SSSR count). The number of rotatable bonds is 3. The molecule has 100 valence electrons. The van der Waals surface area contributed by atoms with Crippen LogP contribution in [-0.2, 0) is 16.8 Å². The second-order valence-corrected chi connectivity index (χ2v) is 5.50. The van der Waals surface area contributed by atoms with Gasteiger partial charge in [-0.3, -0.25) is 4.21 Å². The van der Waals surface area contributed by atoms with E-state index in [0.717, 1.165) is 31.6 Å². The second-order valence-electron chi connectivity index (χ2n) is 4.60. The highest BCUT2D eigenvalue weighted by molar-refractivity contribution is 7.78. The van der Waals surface area contributed by atoms with E-state index < -0.39 is 11.1 Å². The van der Waals surface area contributed by atoms with E-state index in [0.29, 0.717) is 11.3 Å². The maximum absolute atomic E-state index is 10.7. The van der Waals surface area contributed by atoms with Gasteiger partial charge in [0.05, 0.1) is 6.10 Å². The Kier molecular flexibility index (Phi) is 4.21. The van der Waals surface area contributed by atoms with E-state index in [9.17, 15) is 13.9 Å². The van der Waals surface area contributed by atoms with Gasteiger partial charge >= 0.3 is 0 Å². The number of nitrogen functional groups attached to an aromatic ring is 1. The molecule has 1 aliphatic heterocycles. The van der Waals surface area contributed by atoms with Gasteiger partial charge in [0.25, 0.3) is 0 Å². The smallest absolute Gasteiger partial charge is 0.0574 e. The first-order chi connectivity index (χ1) is 8.54. The minimum atomic E-state index is -2.11. The minimum Gasteiger partial charge on any atom is -0.772 e. The molecule has 0 bridgehead atoms. The Morgan fingerprint density at radius 3 is 2.67 bits per heavy atom. The van der Waals surface area contributed by atoms with Crippen LogP contribution in [0.1, 0.15) is 18.4 Å². The van der Waals surface area contributed by atoms with Gasteiger partial charge in [0.15, 0.2) is 0 Å². The Morgan fingerprint density at radius 2 is 2.06 bits per heavy atom. The van der Waals surface area contributed by atoms with Crippen molar-refractivity contribution >= 4 is 22.5 Å². The SMILES string of the molecule is Nc1cc(CS(=O)[O-])cc(N2CCC(O)CC2)c1. The molecule has 1 heterocycles. The Hall–Kier alpha value is -1.11. The van der Waals surface area contributed by atoms with Gasteiger partial charge in [0.1, 0.15) is 0 Å². The van der Waals surface area contributed by atoms with Crippen molar-refractivity contribution in [1.82, 2.24) is 0 Å². The average molecular weight is 269 g/mol. The Bertz CT molecular complexity index is 445. The number of benzene rings is 1. The quantitative estimate of drug-likeness (QED) is 0.620. The van der Waals surface area contributed by atoms with Gasteiger partial charge in [0, 0.05) is 30.2 Å². The Labute approximate surface area is 109 Å². The van der Waals surface area contributed by atoms with Crippen LogP contribution in [0.3, 0.4) is 0 Å². The molecule has 1 aromatic carbocycles. The highest BCUT2D eigenvalue weighted by Crippen LogP contribution is 2.24. The van der Waals surface area contributed by atoms with Gasteiger partial charge < -0.3 is 20.3 Å². The van der Waals surface area contributed by atoms with E-state index in [1.54, 1.807) is 6.07 Å². The summed E-state index contributed by atoms with van der Waals surface area (Å²) in [6.07, 6.45) is 1.24. The lowest BCUT2D eigenvalue weighted by Gasteiger charge is -2.32. The first-order valence-electron chi connectivity index (χ1n) is 5.93. The fraction of sp³-hybridized carbons (Fsp3) is 0.500. The van der Waals surface area contributed by atoms with Gasteiger partial charge in [0.2, 0.25) is 0 Å². The molecule has 0 aliphatic carbocycles.